The molecule has 0 saturated carbocycles. The number of carbonyl (C=O) groups is 1. The maximum atomic E-state index is 11.8. The van der Waals surface area contributed by atoms with Gasteiger partial charge in [-0.25, -0.2) is 4.79 Å². The van der Waals surface area contributed by atoms with Crippen molar-refractivity contribution in [1.29, 1.82) is 0 Å². The van der Waals surface area contributed by atoms with E-state index in [9.17, 15) is 4.79 Å². The summed E-state index contributed by atoms with van der Waals surface area (Å²) in [6.07, 6.45) is 0.907. The molecular weight excluding hydrogens is 218 g/mol. The number of likely N-dealkylation sites (N-methyl/N-ethyl adjacent to an activating group) is 1. The molecule has 1 heterocycles. The number of methoxy groups -OCH3 is 1. The highest BCUT2D eigenvalue weighted by atomic mass is 16.5. The number of benzene rings is 1. The molecule has 1 aromatic rings. The van der Waals surface area contributed by atoms with Crippen LogP contribution in [0.3, 0.4) is 0 Å². The van der Waals surface area contributed by atoms with E-state index in [1.54, 1.807) is 0 Å². The summed E-state index contributed by atoms with van der Waals surface area (Å²) in [6, 6.07) is 5.53. The van der Waals surface area contributed by atoms with Crippen molar-refractivity contribution >= 4 is 5.97 Å². The van der Waals surface area contributed by atoms with Gasteiger partial charge in [0.2, 0.25) is 0 Å². The van der Waals surface area contributed by atoms with Crippen LogP contribution in [0.15, 0.2) is 18.2 Å². The number of hydrogen-bond donors (Lipinski definition) is 0. The van der Waals surface area contributed by atoms with Gasteiger partial charge in [0.15, 0.2) is 0 Å². The molecule has 1 aliphatic heterocycles. The Morgan fingerprint density at radius 2 is 2.24 bits per heavy atom. The minimum absolute atomic E-state index is 0.242. The van der Waals surface area contributed by atoms with Crippen molar-refractivity contribution in [2.75, 3.05) is 27.8 Å². The third-order valence-electron chi connectivity index (χ3n) is 2.97. The van der Waals surface area contributed by atoms with E-state index in [1.165, 1.54) is 12.7 Å². The lowest BCUT2D eigenvalue weighted by atomic mass is 10.0. The van der Waals surface area contributed by atoms with Crippen LogP contribution in [0.5, 0.6) is 5.75 Å². The third kappa shape index (κ3) is 2.26. The van der Waals surface area contributed by atoms with Crippen molar-refractivity contribution in [1.82, 2.24) is 4.90 Å². The van der Waals surface area contributed by atoms with Gasteiger partial charge in [0, 0.05) is 6.42 Å². The molecule has 17 heavy (non-hydrogen) atoms. The largest absolute Gasteiger partial charge is 0.493 e. The van der Waals surface area contributed by atoms with E-state index in [1.807, 2.05) is 37.2 Å². The average molecular weight is 235 g/mol. The van der Waals surface area contributed by atoms with Gasteiger partial charge < -0.3 is 9.47 Å². The summed E-state index contributed by atoms with van der Waals surface area (Å²) < 4.78 is 10.3. The number of rotatable bonds is 3. The second kappa shape index (κ2) is 4.75. The Morgan fingerprint density at radius 3 is 2.88 bits per heavy atom. The Hall–Kier alpha value is -1.55. The van der Waals surface area contributed by atoms with Gasteiger partial charge in [0.05, 0.1) is 13.7 Å². The fourth-order valence-electron chi connectivity index (χ4n) is 2.13. The van der Waals surface area contributed by atoms with Crippen LogP contribution in [0.25, 0.3) is 0 Å². The molecule has 1 atom stereocenters. The topological polar surface area (TPSA) is 38.8 Å². The third-order valence-corrected chi connectivity index (χ3v) is 2.97. The van der Waals surface area contributed by atoms with E-state index in [2.05, 4.69) is 0 Å². The summed E-state index contributed by atoms with van der Waals surface area (Å²) in [4.78, 5) is 13.6. The van der Waals surface area contributed by atoms with Gasteiger partial charge in [-0.05, 0) is 37.4 Å². The van der Waals surface area contributed by atoms with E-state index in [4.69, 9.17) is 9.47 Å². The smallest absolute Gasteiger partial charge is 0.327 e. The maximum absolute atomic E-state index is 11.8. The monoisotopic (exact) mass is 235 g/mol. The predicted octanol–water partition coefficient (Wildman–Crippen LogP) is 1.40. The van der Waals surface area contributed by atoms with Crippen molar-refractivity contribution in [3.63, 3.8) is 0 Å². The standard InChI is InChI=1S/C13H17NO3/c1-14(2)12(13(15)16-3)10-4-5-11-9(8-10)6-7-17-11/h4-5,8,12H,6-7H2,1-3H3. The zero-order valence-electron chi connectivity index (χ0n) is 10.4. The molecule has 0 saturated heterocycles. The molecule has 0 spiro atoms. The molecule has 1 aliphatic rings. The van der Waals surface area contributed by atoms with E-state index < -0.39 is 0 Å². The molecule has 2 rings (SSSR count). The second-order valence-corrected chi connectivity index (χ2v) is 4.35. The molecule has 1 aromatic carbocycles. The molecule has 4 heteroatoms. The van der Waals surface area contributed by atoms with Crippen molar-refractivity contribution in [2.45, 2.75) is 12.5 Å². The van der Waals surface area contributed by atoms with Crippen LogP contribution in [0.4, 0.5) is 0 Å². The molecule has 0 aromatic heterocycles. The summed E-state index contributed by atoms with van der Waals surface area (Å²) in [6.45, 7) is 0.726. The lowest BCUT2D eigenvalue weighted by molar-refractivity contribution is -0.146. The van der Waals surface area contributed by atoms with Gasteiger partial charge in [0.1, 0.15) is 11.8 Å². The van der Waals surface area contributed by atoms with Gasteiger partial charge >= 0.3 is 5.97 Å². The number of esters is 1. The highest BCUT2D eigenvalue weighted by Crippen LogP contribution is 2.29. The van der Waals surface area contributed by atoms with Crippen molar-refractivity contribution < 1.29 is 14.3 Å². The van der Waals surface area contributed by atoms with Crippen LogP contribution in [0.2, 0.25) is 0 Å². The normalized spacial score (nSPS) is 15.3. The Bertz CT molecular complexity index is 429. The first-order chi connectivity index (χ1) is 8.13. The van der Waals surface area contributed by atoms with Gasteiger partial charge in [0.25, 0.3) is 0 Å². The number of nitrogens with zero attached hydrogens (tertiary/aromatic N) is 1. The first-order valence-corrected chi connectivity index (χ1v) is 5.63. The van der Waals surface area contributed by atoms with Gasteiger partial charge in [-0.2, -0.15) is 0 Å². The van der Waals surface area contributed by atoms with E-state index in [-0.39, 0.29) is 12.0 Å². The summed E-state index contributed by atoms with van der Waals surface area (Å²) in [7, 11) is 5.14. The molecule has 0 radical (unpaired) electrons. The Labute approximate surface area is 101 Å². The first-order valence-electron chi connectivity index (χ1n) is 5.63. The molecule has 4 nitrogen and oxygen atoms in total. The predicted molar refractivity (Wildman–Crippen MR) is 64.1 cm³/mol. The molecule has 0 fully saturated rings. The number of hydrogen-bond acceptors (Lipinski definition) is 4. The van der Waals surface area contributed by atoms with Crippen LogP contribution in [-0.2, 0) is 16.0 Å². The summed E-state index contributed by atoms with van der Waals surface area (Å²) in [5.41, 5.74) is 2.12. The summed E-state index contributed by atoms with van der Waals surface area (Å²) in [5, 5.41) is 0. The molecule has 1 unspecified atom stereocenters. The number of ether oxygens (including phenoxy) is 2. The van der Waals surface area contributed by atoms with Crippen LogP contribution in [0.1, 0.15) is 17.2 Å². The molecule has 0 N–H and O–H groups in total. The van der Waals surface area contributed by atoms with Gasteiger partial charge in [-0.15, -0.1) is 0 Å². The molecular formula is C13H17NO3. The van der Waals surface area contributed by atoms with Crippen molar-refractivity contribution in [3.05, 3.63) is 29.3 Å². The minimum Gasteiger partial charge on any atom is -0.493 e. The zero-order chi connectivity index (χ0) is 12.4. The maximum Gasteiger partial charge on any atom is 0.327 e. The number of carbonyl (C=O) groups excluding carboxylic acids is 1. The average Bonchev–Trinajstić information content (AvgIpc) is 2.75. The van der Waals surface area contributed by atoms with E-state index >= 15 is 0 Å². The molecule has 0 amide bonds. The highest BCUT2D eigenvalue weighted by molar-refractivity contribution is 5.77. The van der Waals surface area contributed by atoms with Crippen LogP contribution < -0.4 is 4.74 Å². The zero-order valence-corrected chi connectivity index (χ0v) is 10.4. The SMILES string of the molecule is COC(=O)C(c1ccc2c(c1)CCO2)N(C)C. The molecule has 92 valence electrons. The minimum atomic E-state index is -0.356. The van der Waals surface area contributed by atoms with Crippen LogP contribution >= 0.6 is 0 Å². The Morgan fingerprint density at radius 1 is 1.47 bits per heavy atom. The fraction of sp³-hybridized carbons (Fsp3) is 0.462. The lowest BCUT2D eigenvalue weighted by Crippen LogP contribution is -2.28. The van der Waals surface area contributed by atoms with Crippen molar-refractivity contribution in [3.8, 4) is 5.75 Å². The quantitative estimate of drug-likeness (QED) is 0.742. The van der Waals surface area contributed by atoms with Crippen LogP contribution in [-0.4, -0.2) is 38.7 Å². The molecule has 0 bridgehead atoms. The summed E-state index contributed by atoms with van der Waals surface area (Å²) in [5.74, 6) is 0.685. The second-order valence-electron chi connectivity index (χ2n) is 4.35. The number of fused-ring (bicyclic) bond motifs is 1. The van der Waals surface area contributed by atoms with Gasteiger partial charge in [-0.3, -0.25) is 4.90 Å². The molecule has 0 aliphatic carbocycles. The summed E-state index contributed by atoms with van der Waals surface area (Å²) >= 11 is 0. The Balaban J connectivity index is 2.33. The van der Waals surface area contributed by atoms with Crippen LogP contribution in [0, 0.1) is 0 Å². The fourth-order valence-corrected chi connectivity index (χ4v) is 2.13. The highest BCUT2D eigenvalue weighted by Gasteiger charge is 2.25. The lowest BCUT2D eigenvalue weighted by Gasteiger charge is -2.22. The Kier molecular flexibility index (Phi) is 3.33. The van der Waals surface area contributed by atoms with Gasteiger partial charge in [-0.1, -0.05) is 6.07 Å². The van der Waals surface area contributed by atoms with E-state index in [0.717, 1.165) is 24.3 Å². The van der Waals surface area contributed by atoms with E-state index in [0.29, 0.717) is 0 Å². The van der Waals surface area contributed by atoms with Crippen molar-refractivity contribution in [2.24, 2.45) is 0 Å². The first kappa shape index (κ1) is 11.9.